The minimum Gasteiger partial charge on any atom is -0.466 e. The number of carbonyl (C=O) groups is 3. The van der Waals surface area contributed by atoms with E-state index in [1.165, 1.54) is 0 Å². The van der Waals surface area contributed by atoms with E-state index in [-0.39, 0.29) is 31.1 Å². The second kappa shape index (κ2) is 10.1. The number of fused-ring (bicyclic) bond motifs is 1. The molecule has 0 saturated carbocycles. The van der Waals surface area contributed by atoms with E-state index in [9.17, 15) is 19.5 Å². The first-order valence-corrected chi connectivity index (χ1v) is 12.4. The van der Waals surface area contributed by atoms with E-state index >= 15 is 0 Å². The van der Waals surface area contributed by atoms with Crippen molar-refractivity contribution in [3.05, 3.63) is 12.7 Å². The van der Waals surface area contributed by atoms with E-state index in [1.54, 1.807) is 22.8 Å². The first-order chi connectivity index (χ1) is 15.7. The largest absolute Gasteiger partial charge is 0.466 e. The fraction of sp³-hybridized carbons (Fsp3) is 0.800. The Kier molecular flexibility index (Phi) is 7.89. The van der Waals surface area contributed by atoms with Gasteiger partial charge in [0.05, 0.1) is 18.1 Å². The Balaban J connectivity index is 2.04. The number of ether oxygens (including phenoxy) is 2. The van der Waals surface area contributed by atoms with Crippen LogP contribution >= 0.6 is 0 Å². The Bertz CT molecular complexity index is 772. The molecule has 8 nitrogen and oxygen atoms in total. The quantitative estimate of drug-likeness (QED) is 0.270. The van der Waals surface area contributed by atoms with Crippen molar-refractivity contribution in [2.75, 3.05) is 26.3 Å². The highest BCUT2D eigenvalue weighted by atomic mass is 16.6. The molecule has 186 valence electrons. The number of carbonyl (C=O) groups excluding carboxylic acids is 3. The second-order valence-corrected chi connectivity index (χ2v) is 9.86. The lowest BCUT2D eigenvalue weighted by atomic mass is 9.66. The third kappa shape index (κ3) is 4.20. The van der Waals surface area contributed by atoms with Gasteiger partial charge in [0, 0.05) is 25.7 Å². The van der Waals surface area contributed by atoms with Gasteiger partial charge in [0.25, 0.3) is 0 Å². The normalized spacial score (nSPS) is 33.2. The van der Waals surface area contributed by atoms with Crippen molar-refractivity contribution in [1.29, 1.82) is 0 Å². The molecule has 3 aliphatic rings. The summed E-state index contributed by atoms with van der Waals surface area (Å²) in [5.41, 5.74) is -1.86. The molecule has 3 saturated heterocycles. The van der Waals surface area contributed by atoms with Crippen LogP contribution in [0.3, 0.4) is 0 Å². The maximum absolute atomic E-state index is 14.1. The van der Waals surface area contributed by atoms with Gasteiger partial charge in [-0.05, 0) is 52.9 Å². The summed E-state index contributed by atoms with van der Waals surface area (Å²) in [4.78, 5) is 44.3. The van der Waals surface area contributed by atoms with E-state index in [1.807, 2.05) is 13.8 Å². The first-order valence-electron chi connectivity index (χ1n) is 12.4. The van der Waals surface area contributed by atoms with Crippen molar-refractivity contribution in [3.63, 3.8) is 0 Å². The number of rotatable bonds is 12. The maximum atomic E-state index is 14.1. The Morgan fingerprint density at radius 2 is 2.09 bits per heavy atom. The van der Waals surface area contributed by atoms with Crippen LogP contribution in [0.15, 0.2) is 12.7 Å². The summed E-state index contributed by atoms with van der Waals surface area (Å²) in [6.45, 7) is 12.5. The lowest BCUT2D eigenvalue weighted by Crippen LogP contribution is -2.58. The van der Waals surface area contributed by atoms with E-state index in [0.29, 0.717) is 38.8 Å². The van der Waals surface area contributed by atoms with Gasteiger partial charge in [0.15, 0.2) is 0 Å². The average Bonchev–Trinajstić information content (AvgIpc) is 3.33. The molecular formula is C25H40N2O6. The van der Waals surface area contributed by atoms with Crippen molar-refractivity contribution in [1.82, 2.24) is 9.80 Å². The van der Waals surface area contributed by atoms with Crippen LogP contribution in [0.25, 0.3) is 0 Å². The topological polar surface area (TPSA) is 96.4 Å². The Morgan fingerprint density at radius 1 is 1.36 bits per heavy atom. The molecule has 2 bridgehead atoms. The van der Waals surface area contributed by atoms with Crippen LogP contribution in [0, 0.1) is 11.8 Å². The van der Waals surface area contributed by atoms with Crippen LogP contribution in [-0.4, -0.2) is 82.3 Å². The molecule has 3 heterocycles. The van der Waals surface area contributed by atoms with Gasteiger partial charge in [-0.1, -0.05) is 19.4 Å². The Morgan fingerprint density at radius 3 is 2.70 bits per heavy atom. The van der Waals surface area contributed by atoms with Crippen molar-refractivity contribution >= 4 is 17.8 Å². The predicted octanol–water partition coefficient (Wildman–Crippen LogP) is 2.29. The summed E-state index contributed by atoms with van der Waals surface area (Å²) in [7, 11) is 0. The van der Waals surface area contributed by atoms with E-state index in [0.717, 1.165) is 12.8 Å². The molecule has 0 aromatic rings. The molecule has 33 heavy (non-hydrogen) atoms. The van der Waals surface area contributed by atoms with Gasteiger partial charge in [0.2, 0.25) is 11.8 Å². The van der Waals surface area contributed by atoms with E-state index < -0.39 is 35.0 Å². The van der Waals surface area contributed by atoms with Crippen LogP contribution in [0.5, 0.6) is 0 Å². The summed E-state index contributed by atoms with van der Waals surface area (Å²) in [5.74, 6) is -2.24. The number of amides is 2. The number of unbranched alkanes of at least 4 members (excludes halogenated alkanes) is 1. The third-order valence-electron chi connectivity index (χ3n) is 7.71. The van der Waals surface area contributed by atoms with Gasteiger partial charge >= 0.3 is 5.97 Å². The molecule has 0 aliphatic carbocycles. The summed E-state index contributed by atoms with van der Waals surface area (Å²) in [6.07, 6.45) is 5.73. The van der Waals surface area contributed by atoms with Crippen molar-refractivity contribution < 1.29 is 29.0 Å². The van der Waals surface area contributed by atoms with Crippen molar-refractivity contribution in [3.8, 4) is 0 Å². The molecule has 3 rings (SSSR count). The average molecular weight is 465 g/mol. The summed E-state index contributed by atoms with van der Waals surface area (Å²) in [6, 6.07) is -0.811. The standard InChI is InChI=1S/C25H40N2O6/c1-6-11-17(4)26(14-7-2)22(30)20-25-13-12-24(5,33-25)19(23(31)32-8-3)18(25)21(29)27(20)15-9-10-16-28/h7,17-20,28H,2,6,8-16H2,1,3-5H3/t17?,18-,19+,20?,24-,25?/m0/s1. The number of likely N-dealkylation sites (tertiary alicyclic amines) is 1. The molecule has 3 unspecified atom stereocenters. The van der Waals surface area contributed by atoms with Gasteiger partial charge in [-0.3, -0.25) is 14.4 Å². The Hall–Kier alpha value is -1.93. The van der Waals surface area contributed by atoms with Crippen LogP contribution in [-0.2, 0) is 23.9 Å². The molecule has 1 spiro atoms. The summed E-state index contributed by atoms with van der Waals surface area (Å²) < 4.78 is 11.9. The smallest absolute Gasteiger partial charge is 0.312 e. The fourth-order valence-electron chi connectivity index (χ4n) is 6.29. The second-order valence-electron chi connectivity index (χ2n) is 9.86. The molecule has 0 aromatic carbocycles. The van der Waals surface area contributed by atoms with E-state index in [2.05, 4.69) is 13.5 Å². The number of aliphatic hydroxyl groups excluding tert-OH is 1. The highest BCUT2D eigenvalue weighted by Gasteiger charge is 2.78. The number of aliphatic hydroxyl groups is 1. The molecule has 2 amide bonds. The molecule has 6 atom stereocenters. The highest BCUT2D eigenvalue weighted by Crippen LogP contribution is 2.63. The van der Waals surface area contributed by atoms with Gasteiger partial charge in [-0.2, -0.15) is 0 Å². The number of nitrogens with zero attached hydrogens (tertiary/aromatic N) is 2. The summed E-state index contributed by atoms with van der Waals surface area (Å²) in [5, 5.41) is 9.27. The predicted molar refractivity (Wildman–Crippen MR) is 123 cm³/mol. The maximum Gasteiger partial charge on any atom is 0.312 e. The third-order valence-corrected chi connectivity index (χ3v) is 7.71. The molecular weight excluding hydrogens is 424 g/mol. The van der Waals surface area contributed by atoms with Crippen LogP contribution in [0.1, 0.15) is 66.2 Å². The molecule has 0 radical (unpaired) electrons. The van der Waals surface area contributed by atoms with Gasteiger partial charge < -0.3 is 24.4 Å². The lowest BCUT2D eigenvalue weighted by molar-refractivity contribution is -0.160. The number of esters is 1. The van der Waals surface area contributed by atoms with Crippen LogP contribution in [0.4, 0.5) is 0 Å². The van der Waals surface area contributed by atoms with Gasteiger partial charge in [-0.15, -0.1) is 6.58 Å². The lowest BCUT2D eigenvalue weighted by Gasteiger charge is -2.39. The minimum absolute atomic E-state index is 0.0135. The SMILES string of the molecule is C=CCN(C(=O)C1N(CCCCO)C(=O)[C@@H]2[C@H](C(=O)OCC)[C@]3(C)CCC12O3)C(C)CCC. The molecule has 8 heteroatoms. The van der Waals surface area contributed by atoms with Gasteiger partial charge in [-0.25, -0.2) is 0 Å². The molecule has 1 N–H and O–H groups in total. The van der Waals surface area contributed by atoms with Crippen molar-refractivity contribution in [2.24, 2.45) is 11.8 Å². The summed E-state index contributed by atoms with van der Waals surface area (Å²) >= 11 is 0. The van der Waals surface area contributed by atoms with Crippen LogP contribution < -0.4 is 0 Å². The zero-order valence-electron chi connectivity index (χ0n) is 20.5. The zero-order valence-corrected chi connectivity index (χ0v) is 20.5. The van der Waals surface area contributed by atoms with Gasteiger partial charge in [0.1, 0.15) is 17.6 Å². The molecule has 3 aliphatic heterocycles. The zero-order chi connectivity index (χ0) is 24.4. The molecule has 0 aromatic heterocycles. The Labute approximate surface area is 197 Å². The minimum atomic E-state index is -1.04. The first kappa shape index (κ1) is 25.7. The number of hydrogen-bond donors (Lipinski definition) is 1. The highest BCUT2D eigenvalue weighted by molar-refractivity contribution is 5.98. The van der Waals surface area contributed by atoms with Crippen LogP contribution in [0.2, 0.25) is 0 Å². The molecule has 3 fully saturated rings. The number of hydrogen-bond acceptors (Lipinski definition) is 6. The monoisotopic (exact) mass is 464 g/mol. The fourth-order valence-corrected chi connectivity index (χ4v) is 6.29. The van der Waals surface area contributed by atoms with Crippen molar-refractivity contribution in [2.45, 2.75) is 89.5 Å². The van der Waals surface area contributed by atoms with E-state index in [4.69, 9.17) is 9.47 Å².